The van der Waals surface area contributed by atoms with Crippen LogP contribution < -0.4 is 10.8 Å². The number of carbonyl (C=O) groups excluding carboxylic acids is 1. The van der Waals surface area contributed by atoms with Crippen molar-refractivity contribution in [2.24, 2.45) is 5.73 Å². The van der Waals surface area contributed by atoms with Gasteiger partial charge in [0, 0.05) is 6.92 Å². The molecule has 0 saturated heterocycles. The quantitative estimate of drug-likeness (QED) is 0.410. The number of nitrogens with zero attached hydrogens (tertiary/aromatic N) is 1. The van der Waals surface area contributed by atoms with Gasteiger partial charge in [0.1, 0.15) is 6.54 Å². The first-order valence-electron chi connectivity index (χ1n) is 9.46. The highest BCUT2D eigenvalue weighted by Crippen LogP contribution is 2.09. The minimum Gasteiger partial charge on any atom is -0.544 e. The molecule has 25 heavy (non-hydrogen) atoms. The number of aliphatic carboxylic acids is 2. The lowest BCUT2D eigenvalue weighted by molar-refractivity contribution is -0.864. The molecule has 0 saturated carbocycles. The van der Waals surface area contributed by atoms with Gasteiger partial charge in [0.05, 0.1) is 27.1 Å². The number of carboxylic acid groups (broad SMARTS) is 2. The van der Waals surface area contributed by atoms with Crippen molar-refractivity contribution in [3.8, 4) is 0 Å². The van der Waals surface area contributed by atoms with Crippen LogP contribution in [0.4, 0.5) is 0 Å². The molecule has 0 radical (unpaired) electrons. The van der Waals surface area contributed by atoms with Gasteiger partial charge in [-0.3, -0.25) is 4.79 Å². The van der Waals surface area contributed by atoms with E-state index in [0.29, 0.717) is 4.48 Å². The van der Waals surface area contributed by atoms with Crippen molar-refractivity contribution in [1.29, 1.82) is 0 Å². The largest absolute Gasteiger partial charge is 0.544 e. The van der Waals surface area contributed by atoms with Crippen LogP contribution >= 0.6 is 0 Å². The van der Waals surface area contributed by atoms with Gasteiger partial charge in [0.25, 0.3) is 5.97 Å². The lowest BCUT2D eigenvalue weighted by atomic mass is 10.1. The summed E-state index contributed by atoms with van der Waals surface area (Å²) in [7, 11) is 5.40. The molecule has 3 N–H and O–H groups in total. The normalized spacial score (nSPS) is 10.2. The summed E-state index contributed by atoms with van der Waals surface area (Å²) in [5.41, 5.74) is 5.42. The van der Waals surface area contributed by atoms with Crippen molar-refractivity contribution in [3.05, 3.63) is 0 Å². The Labute approximate surface area is 155 Å². The molecular weight excluding hydrogens is 320 g/mol. The molecule has 0 aromatic carbocycles. The van der Waals surface area contributed by atoms with E-state index in [1.54, 1.807) is 21.1 Å². The molecule has 6 heteroatoms. The topological polar surface area (TPSA) is 103 Å². The first-order valence-corrected chi connectivity index (χ1v) is 9.46. The molecule has 0 aliphatic heterocycles. The van der Waals surface area contributed by atoms with E-state index in [1.165, 1.54) is 64.2 Å². The number of nitrogens with two attached hydrogens (primary N) is 1. The van der Waals surface area contributed by atoms with Crippen LogP contribution in [0.5, 0.6) is 0 Å². The van der Waals surface area contributed by atoms with Crippen molar-refractivity contribution >= 4 is 11.9 Å². The fraction of sp³-hybridized carbons (Fsp3) is 0.895. The molecule has 0 aromatic rings. The molecule has 6 nitrogen and oxygen atoms in total. The highest BCUT2D eigenvalue weighted by molar-refractivity contribution is 5.65. The number of hydrogen-bond acceptors (Lipinski definition) is 4. The van der Waals surface area contributed by atoms with E-state index in [1.807, 2.05) is 0 Å². The van der Waals surface area contributed by atoms with Crippen molar-refractivity contribution in [2.45, 2.75) is 78.1 Å². The number of carboxylic acids is 2. The number of rotatable bonds is 12. The fourth-order valence-corrected chi connectivity index (χ4v) is 2.02. The monoisotopic (exact) mass is 362 g/mol. The van der Waals surface area contributed by atoms with Gasteiger partial charge in [-0.2, -0.15) is 0 Å². The maximum atomic E-state index is 9.89. The first kappa shape index (κ1) is 28.7. The van der Waals surface area contributed by atoms with Crippen molar-refractivity contribution in [3.63, 3.8) is 0 Å². The molecule has 0 bridgehead atoms. The van der Waals surface area contributed by atoms with E-state index in [4.69, 9.17) is 15.6 Å². The smallest absolute Gasteiger partial charge is 0.300 e. The van der Waals surface area contributed by atoms with Crippen LogP contribution in [0.3, 0.4) is 0 Å². The third kappa shape index (κ3) is 51.8. The first-order chi connectivity index (χ1) is 11.6. The Balaban J connectivity index is -0.000000342. The lowest BCUT2D eigenvalue weighted by Gasteiger charge is -2.23. The Bertz CT molecular complexity index is 288. The Morgan fingerprint density at radius 1 is 0.880 bits per heavy atom. The van der Waals surface area contributed by atoms with Crippen molar-refractivity contribution in [1.82, 2.24) is 0 Å². The maximum absolute atomic E-state index is 9.89. The molecule has 0 atom stereocenters. The molecule has 0 spiro atoms. The summed E-state index contributed by atoms with van der Waals surface area (Å²) in [4.78, 5) is 18.9. The zero-order chi connectivity index (χ0) is 20.1. The van der Waals surface area contributed by atoms with Crippen molar-refractivity contribution in [2.75, 3.05) is 34.2 Å². The van der Waals surface area contributed by atoms with Crippen LogP contribution in [0.2, 0.25) is 0 Å². The second-order valence-electron chi connectivity index (χ2n) is 7.31. The number of carbonyl (C=O) groups is 2. The SMILES string of the molecule is CC(=O)O.CCCCCCCCCCCCN.C[N+](C)(C)CC(=O)[O-]. The summed E-state index contributed by atoms with van der Waals surface area (Å²) in [6.45, 7) is 4.29. The van der Waals surface area contributed by atoms with Crippen LogP contribution in [-0.4, -0.2) is 55.8 Å². The van der Waals surface area contributed by atoms with Gasteiger partial charge in [-0.15, -0.1) is 0 Å². The van der Waals surface area contributed by atoms with Crippen LogP contribution in [0.1, 0.15) is 78.1 Å². The van der Waals surface area contributed by atoms with E-state index >= 15 is 0 Å². The van der Waals surface area contributed by atoms with Gasteiger partial charge < -0.3 is 25.2 Å². The Kier molecular flexibility index (Phi) is 24.0. The van der Waals surface area contributed by atoms with Crippen LogP contribution in [0.15, 0.2) is 0 Å². The average Bonchev–Trinajstić information content (AvgIpc) is 2.43. The number of quaternary nitrogens is 1. The van der Waals surface area contributed by atoms with Crippen molar-refractivity contribution < 1.29 is 24.3 Å². The third-order valence-electron chi connectivity index (χ3n) is 3.16. The highest BCUT2D eigenvalue weighted by Gasteiger charge is 2.04. The molecule has 0 amide bonds. The summed E-state index contributed by atoms with van der Waals surface area (Å²) in [6.07, 6.45) is 13.9. The van der Waals surface area contributed by atoms with Gasteiger partial charge in [0.15, 0.2) is 0 Å². The zero-order valence-corrected chi connectivity index (χ0v) is 17.2. The minimum absolute atomic E-state index is 0.0694. The molecule has 0 fully saturated rings. The van der Waals surface area contributed by atoms with E-state index in [2.05, 4.69) is 6.92 Å². The molecule has 0 rings (SSSR count). The third-order valence-corrected chi connectivity index (χ3v) is 3.16. The van der Waals surface area contributed by atoms with Crippen LogP contribution in [0.25, 0.3) is 0 Å². The van der Waals surface area contributed by atoms with Gasteiger partial charge >= 0.3 is 0 Å². The number of hydrogen-bond donors (Lipinski definition) is 2. The fourth-order valence-electron chi connectivity index (χ4n) is 2.02. The standard InChI is InChI=1S/C12H27N.C5H11NO2.C2H4O2/c1-2-3-4-5-6-7-8-9-10-11-12-13;1-6(2,3)4-5(7)8;1-2(3)4/h2-13H2,1H3;4H2,1-3H3;1H3,(H,3,4). The van der Waals surface area contributed by atoms with Gasteiger partial charge in [-0.1, -0.05) is 64.7 Å². The van der Waals surface area contributed by atoms with Crippen LogP contribution in [-0.2, 0) is 9.59 Å². The zero-order valence-electron chi connectivity index (χ0n) is 17.2. The molecule has 0 heterocycles. The molecule has 0 aliphatic carbocycles. The Hall–Kier alpha value is -1.14. The molecule has 0 aliphatic rings. The van der Waals surface area contributed by atoms with Gasteiger partial charge in [-0.05, 0) is 13.0 Å². The second kappa shape index (κ2) is 20.9. The van der Waals surface area contributed by atoms with E-state index in [9.17, 15) is 9.90 Å². The highest BCUT2D eigenvalue weighted by atomic mass is 16.4. The predicted octanol–water partition coefficient (Wildman–Crippen LogP) is 2.40. The minimum atomic E-state index is -1.00. The number of unbranched alkanes of at least 4 members (excludes halogenated alkanes) is 9. The molecular formula is C19H42N2O4. The summed E-state index contributed by atoms with van der Waals surface area (Å²) >= 11 is 0. The maximum Gasteiger partial charge on any atom is 0.300 e. The summed E-state index contributed by atoms with van der Waals surface area (Å²) < 4.78 is 0.419. The molecule has 152 valence electrons. The second-order valence-corrected chi connectivity index (χ2v) is 7.31. The molecule has 0 aromatic heterocycles. The Morgan fingerprint density at radius 2 is 1.20 bits per heavy atom. The van der Waals surface area contributed by atoms with Crippen LogP contribution in [0, 0.1) is 0 Å². The van der Waals surface area contributed by atoms with E-state index < -0.39 is 11.9 Å². The lowest BCUT2D eigenvalue weighted by Crippen LogP contribution is -2.45. The summed E-state index contributed by atoms with van der Waals surface area (Å²) in [6, 6.07) is 0. The summed E-state index contributed by atoms with van der Waals surface area (Å²) in [5.74, 6) is -1.84. The van der Waals surface area contributed by atoms with E-state index in [0.717, 1.165) is 13.5 Å². The Morgan fingerprint density at radius 3 is 1.40 bits per heavy atom. The average molecular weight is 363 g/mol. The van der Waals surface area contributed by atoms with Gasteiger partial charge in [-0.25, -0.2) is 0 Å². The number of likely N-dealkylation sites (N-methyl/N-ethyl adjacent to an activating group) is 1. The van der Waals surface area contributed by atoms with E-state index in [-0.39, 0.29) is 6.54 Å². The predicted molar refractivity (Wildman–Crippen MR) is 102 cm³/mol. The summed E-state index contributed by atoms with van der Waals surface area (Å²) in [5, 5.41) is 17.3. The molecule has 0 unspecified atom stereocenters. The van der Waals surface area contributed by atoms with Gasteiger partial charge in [0.2, 0.25) is 0 Å².